The van der Waals surface area contributed by atoms with Crippen molar-refractivity contribution in [3.05, 3.63) is 115 Å². The lowest BCUT2D eigenvalue weighted by atomic mass is 9.73. The first-order valence-electron chi connectivity index (χ1n) is 47.0. The molecule has 0 radical (unpaired) electrons. The van der Waals surface area contributed by atoms with Gasteiger partial charge in [0.05, 0.1) is 65.6 Å². The van der Waals surface area contributed by atoms with Crippen LogP contribution in [0, 0.1) is 55.4 Å². The molecule has 0 bridgehead atoms. The first kappa shape index (κ1) is 118. The second kappa shape index (κ2) is 44.0. The van der Waals surface area contributed by atoms with E-state index in [4.69, 9.17) is 79.9 Å². The van der Waals surface area contributed by atoms with Crippen molar-refractivity contribution in [3.63, 3.8) is 0 Å². The molecule has 0 aliphatic carbocycles. The van der Waals surface area contributed by atoms with Gasteiger partial charge in [-0.05, 0) is 400 Å². The molecular formula is C102H162B4N4O26. The van der Waals surface area contributed by atoms with Gasteiger partial charge in [0.1, 0.15) is 51.7 Å². The van der Waals surface area contributed by atoms with Gasteiger partial charge in [-0.1, -0.05) is 48.5 Å². The van der Waals surface area contributed by atoms with Crippen LogP contribution in [0.25, 0.3) is 0 Å². The predicted octanol–water partition coefficient (Wildman–Crippen LogP) is 17.4. The molecule has 8 rings (SSSR count). The lowest BCUT2D eigenvalue weighted by Gasteiger charge is -2.32. The number of amides is 6. The van der Waals surface area contributed by atoms with Crippen molar-refractivity contribution >= 4 is 105 Å². The van der Waals surface area contributed by atoms with E-state index in [0.717, 1.165) is 82.5 Å². The minimum Gasteiger partial charge on any atom is -0.467 e. The van der Waals surface area contributed by atoms with Crippen molar-refractivity contribution in [3.8, 4) is 0 Å². The number of carbonyl (C=O) groups excluding carboxylic acids is 9. The number of ether oxygens (including phenoxy) is 9. The Bertz CT molecular complexity index is 4820. The molecule has 0 aromatic heterocycles. The van der Waals surface area contributed by atoms with Crippen LogP contribution >= 0.6 is 0 Å². The van der Waals surface area contributed by atoms with Crippen LogP contribution < -0.4 is 32.5 Å². The van der Waals surface area contributed by atoms with Crippen LogP contribution in [0.5, 0.6) is 0 Å². The van der Waals surface area contributed by atoms with E-state index in [9.17, 15) is 43.2 Å². The maximum atomic E-state index is 13.3. The standard InChI is InChI=1S/C28H44BNO8.C27H44BNO6.C24H38BNO6.C23H36BNO6/c1-17-14-19(20(15-18(17)2)29-37-27(9,10)28(11,12)38-29)16-21(22(31)34-13)30(23(32)35-25(3,4)5)24(33)36-26(6,7)8;1-17-14-20(21(15-18(17)2)28-34-26(10,11)27(12,13)35-28)16-19(3)29(22(30)32-24(4,5)6)23(31)33-25(7,8)9;1-11-29-20(27)19(26-21(28)30-22(4,5)6)14-17-12-15(2)16(3)13-18(17)25-31-23(7,8)24(9,10)32-25;1-14-11-16(13-18(19(26)28-10)25-20(27)29-21(3,4)5)17(12-15(14)2)24-30-22(6,7)23(8,9)31-24/h14-15,21H,16H2,1-13H3;14-15,19H,16H2,1-13H3;12-13,19H,11,14H2,1-10H3,(H,26,28);11-12,18H,13H2,1-10H3,(H,25,27)/t21-;2*19-;18-/m0100/s1. The highest BCUT2D eigenvalue weighted by molar-refractivity contribution is 6.64. The number of imide groups is 2. The molecule has 4 saturated heterocycles. The molecule has 4 aliphatic rings. The largest absolute Gasteiger partial charge is 0.495 e. The number of carbonyl (C=O) groups is 9. The van der Waals surface area contributed by atoms with E-state index >= 15 is 0 Å². The number of hydrogen-bond donors (Lipinski definition) is 2. The van der Waals surface area contributed by atoms with Crippen LogP contribution in [-0.2, 0) is 120 Å². The lowest BCUT2D eigenvalue weighted by molar-refractivity contribution is -0.147. The summed E-state index contributed by atoms with van der Waals surface area (Å²) in [7, 11) is 0.0504. The fourth-order valence-electron chi connectivity index (χ4n) is 14.2. The second-order valence-electron chi connectivity index (χ2n) is 45.9. The highest BCUT2D eigenvalue weighted by Gasteiger charge is 2.57. The van der Waals surface area contributed by atoms with Gasteiger partial charge in [-0.3, -0.25) is 0 Å². The fourth-order valence-corrected chi connectivity index (χ4v) is 14.2. The Morgan fingerprint density at radius 2 is 0.515 bits per heavy atom. The molecule has 4 atom stereocenters. The van der Waals surface area contributed by atoms with Crippen molar-refractivity contribution in [2.75, 3.05) is 20.8 Å². The summed E-state index contributed by atoms with van der Waals surface area (Å²) in [6, 6.07) is 12.4. The Hall–Kier alpha value is -8.75. The molecule has 6 amide bonds. The van der Waals surface area contributed by atoms with E-state index in [1.54, 1.807) is 132 Å². The molecule has 758 valence electrons. The zero-order valence-corrected chi connectivity index (χ0v) is 90.8. The molecule has 2 N–H and O–H groups in total. The van der Waals surface area contributed by atoms with E-state index in [1.807, 2.05) is 209 Å². The van der Waals surface area contributed by atoms with Gasteiger partial charge >= 0.3 is 82.9 Å². The summed E-state index contributed by atoms with van der Waals surface area (Å²) in [6.45, 7) is 82.9. The Morgan fingerprint density at radius 1 is 0.309 bits per heavy atom. The normalized spacial score (nSPS) is 18.1. The Labute approximate surface area is 813 Å². The van der Waals surface area contributed by atoms with E-state index < -0.39 is 186 Å². The van der Waals surface area contributed by atoms with E-state index in [2.05, 4.69) is 22.8 Å². The molecule has 34 heteroatoms. The zero-order chi connectivity index (χ0) is 105. The fraction of sp³-hybridized carbons (Fsp3) is 0.676. The molecule has 0 spiro atoms. The van der Waals surface area contributed by atoms with Gasteiger partial charge in [-0.15, -0.1) is 0 Å². The average Bonchev–Trinajstić information content (AvgIpc) is 1.62. The first-order valence-corrected chi connectivity index (χ1v) is 47.0. The average molecular weight is 1900 g/mol. The third-order valence-corrected chi connectivity index (χ3v) is 24.9. The molecule has 30 nitrogen and oxygen atoms in total. The molecule has 4 aromatic carbocycles. The Balaban J connectivity index is 0.000000321. The summed E-state index contributed by atoms with van der Waals surface area (Å²) >= 11 is 0. The Kier molecular flexibility index (Phi) is 38.1. The van der Waals surface area contributed by atoms with Gasteiger partial charge in [0.2, 0.25) is 0 Å². The van der Waals surface area contributed by atoms with Gasteiger partial charge in [-0.2, -0.15) is 4.90 Å². The number of esters is 3. The van der Waals surface area contributed by atoms with Gasteiger partial charge in [0, 0.05) is 25.3 Å². The first-order chi connectivity index (χ1) is 61.3. The maximum Gasteiger partial charge on any atom is 0.495 e. The minimum atomic E-state index is -1.37. The van der Waals surface area contributed by atoms with Crippen molar-refractivity contribution < 1.29 is 123 Å². The van der Waals surface area contributed by atoms with Crippen LogP contribution in [0.4, 0.5) is 28.8 Å². The van der Waals surface area contributed by atoms with E-state index in [1.165, 1.54) is 14.2 Å². The highest BCUT2D eigenvalue weighted by Crippen LogP contribution is 2.42. The maximum absolute atomic E-state index is 13.3. The van der Waals surface area contributed by atoms with Gasteiger partial charge in [0.15, 0.2) is 0 Å². The van der Waals surface area contributed by atoms with Crippen LogP contribution in [0.1, 0.15) is 316 Å². The van der Waals surface area contributed by atoms with E-state index in [-0.39, 0.29) is 25.9 Å². The predicted molar refractivity (Wildman–Crippen MR) is 530 cm³/mol. The molecule has 4 heterocycles. The number of rotatable bonds is 20. The van der Waals surface area contributed by atoms with Crippen molar-refractivity contribution in [2.24, 2.45) is 0 Å². The molecule has 4 aliphatic heterocycles. The molecule has 0 saturated carbocycles. The summed E-state index contributed by atoms with van der Waals surface area (Å²) in [4.78, 5) is 118. The smallest absolute Gasteiger partial charge is 0.467 e. The summed E-state index contributed by atoms with van der Waals surface area (Å²) < 4.78 is 98.3. The number of nitrogens with zero attached hydrogens (tertiary/aromatic N) is 2. The summed E-state index contributed by atoms with van der Waals surface area (Å²) in [5, 5.41) is 5.31. The second-order valence-corrected chi connectivity index (χ2v) is 45.9. The van der Waals surface area contributed by atoms with Crippen LogP contribution in [0.15, 0.2) is 48.5 Å². The molecule has 0 unspecified atom stereocenters. The van der Waals surface area contributed by atoms with Crippen LogP contribution in [0.2, 0.25) is 0 Å². The number of aryl methyl sites for hydroxylation is 8. The third kappa shape index (κ3) is 32.4. The molecule has 4 aromatic rings. The van der Waals surface area contributed by atoms with Crippen molar-refractivity contribution in [2.45, 2.75) is 433 Å². The topological polar surface area (TPSA) is 341 Å². The summed E-state index contributed by atoms with van der Waals surface area (Å²) in [5.41, 5.74) is 6.20. The van der Waals surface area contributed by atoms with Crippen molar-refractivity contribution in [1.82, 2.24) is 20.4 Å². The number of nitrogens with one attached hydrogen (secondary N) is 2. The molecule has 4 fully saturated rings. The third-order valence-electron chi connectivity index (χ3n) is 24.9. The van der Waals surface area contributed by atoms with Gasteiger partial charge in [-0.25, -0.2) is 48.1 Å². The van der Waals surface area contributed by atoms with Crippen LogP contribution in [-0.4, -0.2) is 216 Å². The Morgan fingerprint density at radius 3 is 0.735 bits per heavy atom. The highest BCUT2D eigenvalue weighted by atomic mass is 16.7. The SMILES string of the molecule is CCOC(=O)[C@H](Cc1cc(C)c(C)cc1B1OC(C)(C)C(C)(C)O1)NC(=O)OC(C)(C)C.COC(=O)[C@H](Cc1cc(C)c(C)cc1B1OC(C)(C)C(C)(C)O1)N(C(=O)OC(C)(C)C)C(=O)OC(C)(C)C.COC(=O)[C@H](Cc1cc(C)c(C)cc1B1OC(C)(C)C(C)(C)O1)NC(=O)OC(C)(C)C.Cc1cc(C[C@@H](C)N(C(=O)OC(C)(C)C)C(=O)OC(C)(C)C)c(B2OC(C)(C)C(C)(C)O2)cc1C. The minimum absolute atomic E-state index is 0.0638. The number of benzene rings is 4. The van der Waals surface area contributed by atoms with Gasteiger partial charge < -0.3 is 90.5 Å². The quantitative estimate of drug-likeness (QED) is 0.0471. The lowest BCUT2D eigenvalue weighted by Crippen LogP contribution is -2.53. The van der Waals surface area contributed by atoms with Gasteiger partial charge in [0.25, 0.3) is 0 Å². The molecular weight excluding hydrogens is 1740 g/mol. The van der Waals surface area contributed by atoms with Crippen molar-refractivity contribution in [1.29, 1.82) is 0 Å². The number of methoxy groups -OCH3 is 2. The number of alkyl carbamates (subject to hydrolysis) is 2. The number of hydrogen-bond acceptors (Lipinski definition) is 26. The summed E-state index contributed by atoms with van der Waals surface area (Å²) in [5.74, 6) is -1.86. The van der Waals surface area contributed by atoms with Crippen LogP contribution in [0.3, 0.4) is 0 Å². The zero-order valence-electron chi connectivity index (χ0n) is 90.8. The summed E-state index contributed by atoms with van der Waals surface area (Å²) in [6.07, 6.45) is -4.08. The molecule has 136 heavy (non-hydrogen) atoms. The monoisotopic (exact) mass is 1900 g/mol. The van der Waals surface area contributed by atoms with E-state index in [0.29, 0.717) is 22.3 Å².